The molecule has 0 unspecified atom stereocenters. The van der Waals surface area contributed by atoms with Gasteiger partial charge < -0.3 is 9.64 Å². The van der Waals surface area contributed by atoms with E-state index in [2.05, 4.69) is 42.2 Å². The van der Waals surface area contributed by atoms with Crippen LogP contribution in [-0.2, 0) is 6.42 Å². The highest BCUT2D eigenvalue weighted by molar-refractivity contribution is 5.77. The van der Waals surface area contributed by atoms with Crippen molar-refractivity contribution < 1.29 is 9.13 Å². The summed E-state index contributed by atoms with van der Waals surface area (Å²) in [6, 6.07) is 5.38. The van der Waals surface area contributed by atoms with Crippen molar-refractivity contribution in [1.29, 1.82) is 0 Å². The molecule has 1 aliphatic carbocycles. The summed E-state index contributed by atoms with van der Waals surface area (Å²) < 4.78 is 20.8. The summed E-state index contributed by atoms with van der Waals surface area (Å²) in [5.41, 5.74) is 4.54. The first kappa shape index (κ1) is 16.4. The lowest BCUT2D eigenvalue weighted by atomic mass is 9.92. The Bertz CT molecular complexity index is 753. The maximum atomic E-state index is 12.8. The van der Waals surface area contributed by atoms with E-state index in [-0.39, 0.29) is 6.61 Å². The van der Waals surface area contributed by atoms with Crippen molar-refractivity contribution >= 4 is 5.69 Å². The Morgan fingerprint density at radius 1 is 1.28 bits per heavy atom. The molecule has 2 aliphatic rings. The Hall–Kier alpha value is -2.04. The monoisotopic (exact) mass is 343 g/mol. The van der Waals surface area contributed by atoms with Crippen LogP contribution < -0.4 is 9.64 Å². The van der Waals surface area contributed by atoms with Gasteiger partial charge in [-0.1, -0.05) is 0 Å². The van der Waals surface area contributed by atoms with Crippen LogP contribution in [0.2, 0.25) is 0 Å². The number of rotatable bonds is 6. The lowest BCUT2D eigenvalue weighted by Gasteiger charge is -2.37. The fourth-order valence-electron chi connectivity index (χ4n) is 3.91. The molecule has 2 aromatic rings. The molecule has 1 aliphatic heterocycles. The van der Waals surface area contributed by atoms with Crippen molar-refractivity contribution in [1.82, 2.24) is 9.78 Å². The molecule has 4 nitrogen and oxygen atoms in total. The molecule has 134 valence electrons. The molecular formula is C20H26FN3O. The fourth-order valence-corrected chi connectivity index (χ4v) is 3.91. The zero-order chi connectivity index (χ0) is 17.4. The molecule has 2 heterocycles. The first-order valence-corrected chi connectivity index (χ1v) is 9.38. The summed E-state index contributed by atoms with van der Waals surface area (Å²) in [7, 11) is 0. The predicted molar refractivity (Wildman–Crippen MR) is 98.2 cm³/mol. The van der Waals surface area contributed by atoms with Crippen molar-refractivity contribution in [2.75, 3.05) is 24.7 Å². The second kappa shape index (κ2) is 6.70. The highest BCUT2D eigenvalue weighted by atomic mass is 19.1. The number of halogens is 1. The van der Waals surface area contributed by atoms with E-state index in [1.54, 1.807) is 0 Å². The van der Waals surface area contributed by atoms with Gasteiger partial charge in [-0.25, -0.2) is 4.39 Å². The van der Waals surface area contributed by atoms with Gasteiger partial charge in [-0.3, -0.25) is 4.68 Å². The number of benzene rings is 1. The third-order valence-electron chi connectivity index (χ3n) is 5.39. The summed E-state index contributed by atoms with van der Waals surface area (Å²) in [6.45, 7) is 5.04. The molecule has 0 spiro atoms. The summed E-state index contributed by atoms with van der Waals surface area (Å²) in [5.74, 6) is 0.843. The topological polar surface area (TPSA) is 30.3 Å². The Morgan fingerprint density at radius 3 is 2.84 bits per heavy atom. The zero-order valence-corrected chi connectivity index (χ0v) is 15.0. The van der Waals surface area contributed by atoms with E-state index in [1.807, 2.05) is 10.9 Å². The minimum atomic E-state index is -0.474. The van der Waals surface area contributed by atoms with Gasteiger partial charge in [-0.05, 0) is 51.7 Å². The van der Waals surface area contributed by atoms with E-state index in [1.165, 1.54) is 24.1 Å². The molecule has 0 radical (unpaired) electrons. The minimum Gasteiger partial charge on any atom is -0.490 e. The van der Waals surface area contributed by atoms with Crippen molar-refractivity contribution in [2.24, 2.45) is 0 Å². The Kier molecular flexibility index (Phi) is 4.40. The molecule has 0 bridgehead atoms. The highest BCUT2D eigenvalue weighted by Gasteiger charge is 2.28. The number of fused-ring (bicyclic) bond motifs is 1. The normalized spacial score (nSPS) is 19.8. The van der Waals surface area contributed by atoms with Gasteiger partial charge in [-0.15, -0.1) is 0 Å². The van der Waals surface area contributed by atoms with Gasteiger partial charge in [0.1, 0.15) is 19.0 Å². The lowest BCUT2D eigenvalue weighted by molar-refractivity contribution is 0.271. The van der Waals surface area contributed by atoms with Crippen LogP contribution in [0, 0.1) is 0 Å². The van der Waals surface area contributed by atoms with E-state index in [4.69, 9.17) is 4.74 Å². The average molecular weight is 343 g/mol. The lowest BCUT2D eigenvalue weighted by Crippen LogP contribution is -2.37. The smallest absolute Gasteiger partial charge is 0.132 e. The number of alkyl halides is 1. The van der Waals surface area contributed by atoms with Gasteiger partial charge in [0, 0.05) is 41.2 Å². The van der Waals surface area contributed by atoms with Crippen molar-refractivity contribution in [2.45, 2.75) is 51.6 Å². The van der Waals surface area contributed by atoms with Crippen LogP contribution in [0.1, 0.15) is 44.7 Å². The predicted octanol–water partition coefficient (Wildman–Crippen LogP) is 4.39. The van der Waals surface area contributed by atoms with Crippen LogP contribution in [0.15, 0.2) is 24.5 Å². The number of aromatic nitrogens is 2. The number of anilines is 1. The maximum Gasteiger partial charge on any atom is 0.132 e. The number of hydrogen-bond acceptors (Lipinski definition) is 3. The standard InChI is InChI=1S/C20H26FN3O/c1-3-23-14(2)4-7-18-19(23)9-8-17(20(18)25-11-10-21)15-12-22-24(13-15)16-5-6-16/h8-9,12-14,16H,3-7,10-11H2,1-2H3/t14-/m0/s1. The van der Waals surface area contributed by atoms with E-state index < -0.39 is 6.67 Å². The van der Waals surface area contributed by atoms with Crippen LogP contribution in [0.25, 0.3) is 11.1 Å². The summed E-state index contributed by atoms with van der Waals surface area (Å²) in [6.07, 6.45) is 8.49. The van der Waals surface area contributed by atoms with Crippen LogP contribution in [0.4, 0.5) is 10.1 Å². The quantitative estimate of drug-likeness (QED) is 0.779. The largest absolute Gasteiger partial charge is 0.490 e. The van der Waals surface area contributed by atoms with E-state index >= 15 is 0 Å². The van der Waals surface area contributed by atoms with Gasteiger partial charge >= 0.3 is 0 Å². The molecule has 1 saturated carbocycles. The molecule has 25 heavy (non-hydrogen) atoms. The first-order valence-electron chi connectivity index (χ1n) is 9.38. The first-order chi connectivity index (χ1) is 12.2. The van der Waals surface area contributed by atoms with Gasteiger partial charge in [0.25, 0.3) is 0 Å². The SMILES string of the molecule is CCN1c2ccc(-c3cnn(C4CC4)c3)c(OCCF)c2CC[C@@H]1C. The van der Waals surface area contributed by atoms with Gasteiger partial charge in [0.2, 0.25) is 0 Å². The third-order valence-corrected chi connectivity index (χ3v) is 5.39. The molecule has 1 aromatic carbocycles. The average Bonchev–Trinajstić information content (AvgIpc) is 3.36. The number of nitrogens with zero attached hydrogens (tertiary/aromatic N) is 3. The van der Waals surface area contributed by atoms with Gasteiger partial charge in [-0.2, -0.15) is 5.10 Å². The molecule has 0 amide bonds. The Morgan fingerprint density at radius 2 is 2.12 bits per heavy atom. The molecular weight excluding hydrogens is 317 g/mol. The molecule has 1 aromatic heterocycles. The third kappa shape index (κ3) is 3.00. The van der Waals surface area contributed by atoms with E-state index in [0.717, 1.165) is 36.3 Å². The molecule has 0 saturated heterocycles. The van der Waals surface area contributed by atoms with Gasteiger partial charge in [0.15, 0.2) is 0 Å². The summed E-state index contributed by atoms with van der Waals surface area (Å²) in [5, 5.41) is 4.51. The number of ether oxygens (including phenoxy) is 1. The van der Waals surface area contributed by atoms with Crippen molar-refractivity contribution in [3.63, 3.8) is 0 Å². The van der Waals surface area contributed by atoms with E-state index in [9.17, 15) is 4.39 Å². The zero-order valence-electron chi connectivity index (χ0n) is 15.0. The molecule has 1 fully saturated rings. The van der Waals surface area contributed by atoms with Crippen molar-refractivity contribution in [3.05, 3.63) is 30.1 Å². The molecule has 4 rings (SSSR count). The molecule has 1 atom stereocenters. The summed E-state index contributed by atoms with van der Waals surface area (Å²) in [4.78, 5) is 2.42. The van der Waals surface area contributed by atoms with Crippen LogP contribution in [-0.4, -0.2) is 35.6 Å². The van der Waals surface area contributed by atoms with Crippen molar-refractivity contribution in [3.8, 4) is 16.9 Å². The maximum absolute atomic E-state index is 12.8. The highest BCUT2D eigenvalue weighted by Crippen LogP contribution is 2.43. The number of hydrogen-bond donors (Lipinski definition) is 0. The van der Waals surface area contributed by atoms with Crippen LogP contribution >= 0.6 is 0 Å². The Labute approximate surface area is 148 Å². The second-order valence-electron chi connectivity index (χ2n) is 7.09. The molecule has 5 heteroatoms. The molecule has 0 N–H and O–H groups in total. The van der Waals surface area contributed by atoms with Gasteiger partial charge in [0.05, 0.1) is 12.2 Å². The van der Waals surface area contributed by atoms with Crippen LogP contribution in [0.3, 0.4) is 0 Å². The minimum absolute atomic E-state index is 0.0991. The Balaban J connectivity index is 1.77. The van der Waals surface area contributed by atoms with E-state index in [0.29, 0.717) is 12.1 Å². The van der Waals surface area contributed by atoms with Crippen LogP contribution in [0.5, 0.6) is 5.75 Å². The second-order valence-corrected chi connectivity index (χ2v) is 7.09. The fraction of sp³-hybridized carbons (Fsp3) is 0.550. The summed E-state index contributed by atoms with van der Waals surface area (Å²) >= 11 is 0.